The minimum absolute atomic E-state index is 0.214. The van der Waals surface area contributed by atoms with E-state index in [1.165, 1.54) is 26.0 Å². The average molecular weight is 265 g/mol. The predicted molar refractivity (Wildman–Crippen MR) is 75.9 cm³/mol. The highest BCUT2D eigenvalue weighted by molar-refractivity contribution is 5.32. The van der Waals surface area contributed by atoms with Crippen LogP contribution in [-0.2, 0) is 0 Å². The molecule has 0 radical (unpaired) electrons. The highest BCUT2D eigenvalue weighted by Gasteiger charge is 2.44. The van der Waals surface area contributed by atoms with Gasteiger partial charge in [-0.05, 0) is 48.8 Å². The maximum absolute atomic E-state index is 13.4. The van der Waals surface area contributed by atoms with Crippen molar-refractivity contribution < 1.29 is 9.13 Å². The molecule has 1 N–H and O–H groups in total. The Morgan fingerprint density at radius 3 is 2.53 bits per heavy atom. The molecule has 1 aliphatic carbocycles. The Bertz CT molecular complexity index is 440. The van der Waals surface area contributed by atoms with Gasteiger partial charge in [0.2, 0.25) is 0 Å². The minimum atomic E-state index is -0.306. The van der Waals surface area contributed by atoms with Crippen LogP contribution in [0.3, 0.4) is 0 Å². The fourth-order valence-corrected chi connectivity index (χ4v) is 2.54. The van der Waals surface area contributed by atoms with Crippen molar-refractivity contribution in [2.75, 3.05) is 13.7 Å². The summed E-state index contributed by atoms with van der Waals surface area (Å²) in [6.07, 6.45) is 2.63. The highest BCUT2D eigenvalue weighted by Crippen LogP contribution is 2.51. The van der Waals surface area contributed by atoms with Crippen molar-refractivity contribution in [1.82, 2.24) is 5.32 Å². The molecule has 0 bridgehead atoms. The van der Waals surface area contributed by atoms with Crippen molar-refractivity contribution >= 4 is 0 Å². The minimum Gasteiger partial charge on any atom is -0.494 e. The lowest BCUT2D eigenvalue weighted by molar-refractivity contribution is 0.324. The molecule has 0 aromatic heterocycles. The summed E-state index contributed by atoms with van der Waals surface area (Å²) in [4.78, 5) is 0. The Labute approximate surface area is 115 Å². The maximum Gasteiger partial charge on any atom is 0.165 e. The van der Waals surface area contributed by atoms with E-state index in [-0.39, 0.29) is 11.9 Å². The standard InChI is InChI=1S/C16H24FNO/c1-11(2)16(7-8-16)10-18-12(3)13-5-6-14(17)15(9-13)19-4/h5-6,9,11-12,18H,7-8,10H2,1-4H3. The summed E-state index contributed by atoms with van der Waals surface area (Å²) in [7, 11) is 1.50. The van der Waals surface area contributed by atoms with E-state index in [2.05, 4.69) is 26.1 Å². The number of benzene rings is 1. The van der Waals surface area contributed by atoms with Crippen molar-refractivity contribution in [1.29, 1.82) is 0 Å². The van der Waals surface area contributed by atoms with Crippen molar-refractivity contribution in [3.63, 3.8) is 0 Å². The summed E-state index contributed by atoms with van der Waals surface area (Å²) in [5.41, 5.74) is 1.55. The first-order valence-electron chi connectivity index (χ1n) is 7.05. The zero-order valence-electron chi connectivity index (χ0n) is 12.3. The Morgan fingerprint density at radius 2 is 2.00 bits per heavy atom. The molecule has 2 rings (SSSR count). The molecule has 1 unspecified atom stereocenters. The molecular weight excluding hydrogens is 241 g/mol. The average Bonchev–Trinajstić information content (AvgIpc) is 3.17. The molecule has 1 saturated carbocycles. The second-order valence-electron chi connectivity index (χ2n) is 6.01. The third-order valence-electron chi connectivity index (χ3n) is 4.55. The molecule has 2 nitrogen and oxygen atoms in total. The molecule has 1 atom stereocenters. The van der Waals surface area contributed by atoms with E-state index in [1.807, 2.05) is 6.07 Å². The normalized spacial score (nSPS) is 18.4. The molecule has 0 amide bonds. The van der Waals surface area contributed by atoms with Crippen LogP contribution in [0.25, 0.3) is 0 Å². The number of hydrogen-bond acceptors (Lipinski definition) is 2. The van der Waals surface area contributed by atoms with Crippen LogP contribution in [0.5, 0.6) is 5.75 Å². The van der Waals surface area contributed by atoms with Crippen LogP contribution in [0.15, 0.2) is 18.2 Å². The zero-order chi connectivity index (χ0) is 14.0. The summed E-state index contributed by atoms with van der Waals surface area (Å²) in [6, 6.07) is 5.29. The second kappa shape index (κ2) is 5.49. The van der Waals surface area contributed by atoms with E-state index < -0.39 is 0 Å². The van der Waals surface area contributed by atoms with E-state index in [1.54, 1.807) is 6.07 Å². The molecule has 0 heterocycles. The largest absolute Gasteiger partial charge is 0.494 e. The van der Waals surface area contributed by atoms with Gasteiger partial charge in [-0.3, -0.25) is 0 Å². The van der Waals surface area contributed by atoms with E-state index in [0.29, 0.717) is 11.2 Å². The number of ether oxygens (including phenoxy) is 1. The fraction of sp³-hybridized carbons (Fsp3) is 0.625. The zero-order valence-corrected chi connectivity index (χ0v) is 12.3. The molecule has 1 aliphatic rings. The van der Waals surface area contributed by atoms with Crippen molar-refractivity contribution in [3.05, 3.63) is 29.6 Å². The van der Waals surface area contributed by atoms with Gasteiger partial charge in [0.1, 0.15) is 0 Å². The van der Waals surface area contributed by atoms with E-state index in [9.17, 15) is 4.39 Å². The smallest absolute Gasteiger partial charge is 0.165 e. The molecule has 0 spiro atoms. The lowest BCUT2D eigenvalue weighted by Crippen LogP contribution is -2.29. The summed E-state index contributed by atoms with van der Waals surface area (Å²) >= 11 is 0. The Kier molecular flexibility index (Phi) is 4.14. The number of methoxy groups -OCH3 is 1. The monoisotopic (exact) mass is 265 g/mol. The molecule has 1 fully saturated rings. The van der Waals surface area contributed by atoms with Crippen LogP contribution in [0.4, 0.5) is 4.39 Å². The fourth-order valence-electron chi connectivity index (χ4n) is 2.54. The Balaban J connectivity index is 1.98. The van der Waals surface area contributed by atoms with E-state index >= 15 is 0 Å². The van der Waals surface area contributed by atoms with Gasteiger partial charge in [0.25, 0.3) is 0 Å². The molecule has 106 valence electrons. The van der Waals surface area contributed by atoms with Gasteiger partial charge >= 0.3 is 0 Å². The van der Waals surface area contributed by atoms with Gasteiger partial charge in [-0.2, -0.15) is 0 Å². The Morgan fingerprint density at radius 1 is 1.32 bits per heavy atom. The van der Waals surface area contributed by atoms with Gasteiger partial charge in [0.05, 0.1) is 7.11 Å². The van der Waals surface area contributed by atoms with Crippen molar-refractivity contribution in [2.24, 2.45) is 11.3 Å². The number of rotatable bonds is 6. The van der Waals surface area contributed by atoms with E-state index in [4.69, 9.17) is 4.74 Å². The molecule has 1 aromatic rings. The van der Waals surface area contributed by atoms with Gasteiger partial charge in [-0.25, -0.2) is 4.39 Å². The summed E-state index contributed by atoms with van der Waals surface area (Å²) in [5.74, 6) is 0.727. The van der Waals surface area contributed by atoms with Crippen LogP contribution < -0.4 is 10.1 Å². The predicted octanol–water partition coefficient (Wildman–Crippen LogP) is 3.92. The topological polar surface area (TPSA) is 21.3 Å². The van der Waals surface area contributed by atoms with Crippen molar-refractivity contribution in [2.45, 2.75) is 39.7 Å². The third kappa shape index (κ3) is 3.08. The summed E-state index contributed by atoms with van der Waals surface area (Å²) in [5, 5.41) is 3.58. The number of nitrogens with one attached hydrogen (secondary N) is 1. The van der Waals surface area contributed by atoms with Crippen LogP contribution >= 0.6 is 0 Å². The Hall–Kier alpha value is -1.09. The highest BCUT2D eigenvalue weighted by atomic mass is 19.1. The lowest BCUT2D eigenvalue weighted by atomic mass is 9.92. The lowest BCUT2D eigenvalue weighted by Gasteiger charge is -2.23. The van der Waals surface area contributed by atoms with Gasteiger partial charge in [-0.15, -0.1) is 0 Å². The van der Waals surface area contributed by atoms with Crippen LogP contribution in [0.2, 0.25) is 0 Å². The third-order valence-corrected chi connectivity index (χ3v) is 4.55. The molecule has 0 saturated heterocycles. The van der Waals surface area contributed by atoms with Crippen LogP contribution in [0, 0.1) is 17.2 Å². The first-order chi connectivity index (χ1) is 8.98. The quantitative estimate of drug-likeness (QED) is 0.841. The molecule has 1 aromatic carbocycles. The number of halogens is 1. The molecule has 0 aliphatic heterocycles. The van der Waals surface area contributed by atoms with Gasteiger partial charge < -0.3 is 10.1 Å². The molecule has 3 heteroatoms. The van der Waals surface area contributed by atoms with Crippen molar-refractivity contribution in [3.8, 4) is 5.75 Å². The van der Waals surface area contributed by atoms with Gasteiger partial charge in [0, 0.05) is 12.6 Å². The van der Waals surface area contributed by atoms with E-state index in [0.717, 1.165) is 18.0 Å². The van der Waals surface area contributed by atoms with Gasteiger partial charge in [0.15, 0.2) is 11.6 Å². The van der Waals surface area contributed by atoms with Crippen LogP contribution in [-0.4, -0.2) is 13.7 Å². The SMILES string of the molecule is COc1cc(C(C)NCC2(C(C)C)CC2)ccc1F. The van der Waals surface area contributed by atoms with Gasteiger partial charge in [-0.1, -0.05) is 19.9 Å². The summed E-state index contributed by atoms with van der Waals surface area (Å²) < 4.78 is 18.4. The molecular formula is C16H24FNO. The van der Waals surface area contributed by atoms with Crippen LogP contribution in [0.1, 0.15) is 45.2 Å². The first kappa shape index (κ1) is 14.3. The molecule has 19 heavy (non-hydrogen) atoms. The maximum atomic E-state index is 13.4. The first-order valence-corrected chi connectivity index (χ1v) is 7.05. The summed E-state index contributed by atoms with van der Waals surface area (Å²) in [6.45, 7) is 7.73. The second-order valence-corrected chi connectivity index (χ2v) is 6.01. The number of hydrogen-bond donors (Lipinski definition) is 1.